The molecule has 13 heteroatoms. The number of anilines is 2. The number of halogens is 2. The Kier molecular flexibility index (Phi) is 10.5. The standard InChI is InChI=1S/C20H22Cl2N6O5/c1-2-32-19(30)25-18(29)12(10-23)11-24-26-14-8-15(21)17(16(22)9-14)33-20(31)28-27-13-6-4-3-5-7-13/h3-9,12,20,24,26-28,31H,2,11H2,1H3,(H,25,29,30). The zero-order chi connectivity index (χ0) is 24.2. The van der Waals surface area contributed by atoms with Crippen molar-refractivity contribution in [1.29, 1.82) is 5.26 Å². The number of benzene rings is 2. The monoisotopic (exact) mass is 496 g/mol. The third kappa shape index (κ3) is 8.64. The van der Waals surface area contributed by atoms with Crippen LogP contribution in [0.3, 0.4) is 0 Å². The number of carbonyl (C=O) groups excluding carboxylic acids is 2. The SMILES string of the molecule is CCOC(=O)NC(=O)C(C#N)CNNc1cc(Cl)c(OC(O)NNc2ccccc2)c(Cl)c1. The lowest BCUT2D eigenvalue weighted by Gasteiger charge is -2.19. The molecule has 0 bridgehead atoms. The number of aliphatic hydroxyl groups is 1. The normalized spacial score (nSPS) is 12.1. The Bertz CT molecular complexity index is 966. The summed E-state index contributed by atoms with van der Waals surface area (Å²) in [7, 11) is 0. The van der Waals surface area contributed by atoms with Crippen molar-refractivity contribution in [3.63, 3.8) is 0 Å². The fraction of sp³-hybridized carbons (Fsp3) is 0.250. The Morgan fingerprint density at radius 1 is 1.12 bits per heavy atom. The quantitative estimate of drug-likeness (QED) is 0.201. The molecule has 0 aliphatic carbocycles. The lowest BCUT2D eigenvalue weighted by atomic mass is 10.1. The van der Waals surface area contributed by atoms with E-state index in [2.05, 4.69) is 26.4 Å². The molecule has 0 spiro atoms. The number of alkyl carbamates (subject to hydrolysis) is 1. The highest BCUT2D eigenvalue weighted by atomic mass is 35.5. The van der Waals surface area contributed by atoms with E-state index in [9.17, 15) is 14.7 Å². The van der Waals surface area contributed by atoms with Gasteiger partial charge in [-0.1, -0.05) is 41.4 Å². The summed E-state index contributed by atoms with van der Waals surface area (Å²) >= 11 is 12.4. The van der Waals surface area contributed by atoms with Crippen LogP contribution in [-0.2, 0) is 9.53 Å². The van der Waals surface area contributed by atoms with Gasteiger partial charge in [-0.2, -0.15) is 10.7 Å². The lowest BCUT2D eigenvalue weighted by Crippen LogP contribution is -2.40. The number of hydrogen-bond acceptors (Lipinski definition) is 10. The third-order valence-electron chi connectivity index (χ3n) is 3.85. The molecule has 0 saturated carbocycles. The summed E-state index contributed by atoms with van der Waals surface area (Å²) in [4.78, 5) is 23.2. The first-order valence-electron chi connectivity index (χ1n) is 9.60. The van der Waals surface area contributed by atoms with Crippen LogP contribution in [-0.4, -0.2) is 36.7 Å². The molecule has 6 N–H and O–H groups in total. The van der Waals surface area contributed by atoms with E-state index in [1.54, 1.807) is 25.1 Å². The number of rotatable bonds is 11. The van der Waals surface area contributed by atoms with Crippen LogP contribution < -0.4 is 31.8 Å². The predicted molar refractivity (Wildman–Crippen MR) is 122 cm³/mol. The van der Waals surface area contributed by atoms with Gasteiger partial charge in [0.1, 0.15) is 5.92 Å². The Hall–Kier alpha value is -3.27. The second-order valence-corrected chi connectivity index (χ2v) is 7.09. The van der Waals surface area contributed by atoms with Crippen molar-refractivity contribution in [3.05, 3.63) is 52.5 Å². The van der Waals surface area contributed by atoms with Crippen LogP contribution in [0.5, 0.6) is 5.75 Å². The van der Waals surface area contributed by atoms with E-state index >= 15 is 0 Å². The predicted octanol–water partition coefficient (Wildman–Crippen LogP) is 2.59. The van der Waals surface area contributed by atoms with Crippen molar-refractivity contribution in [2.45, 2.75) is 13.3 Å². The summed E-state index contributed by atoms with van der Waals surface area (Å²) in [5.41, 5.74) is 11.8. The number of amides is 2. The number of hydrazine groups is 2. The average molecular weight is 497 g/mol. The smallest absolute Gasteiger partial charge is 0.413 e. The zero-order valence-electron chi connectivity index (χ0n) is 17.4. The molecule has 0 radical (unpaired) electrons. The molecule has 0 heterocycles. The summed E-state index contributed by atoms with van der Waals surface area (Å²) in [6, 6.07) is 13.7. The molecule has 2 aromatic carbocycles. The first-order chi connectivity index (χ1) is 15.8. The van der Waals surface area contributed by atoms with Gasteiger partial charge >= 0.3 is 6.09 Å². The van der Waals surface area contributed by atoms with Crippen molar-refractivity contribution in [2.24, 2.45) is 5.92 Å². The number of aliphatic hydroxyl groups excluding tert-OH is 1. The number of nitrogens with zero attached hydrogens (tertiary/aromatic N) is 1. The van der Waals surface area contributed by atoms with Gasteiger partial charge in [-0.25, -0.2) is 10.2 Å². The lowest BCUT2D eigenvalue weighted by molar-refractivity contribution is -0.122. The molecule has 2 aromatic rings. The van der Waals surface area contributed by atoms with E-state index in [1.165, 1.54) is 12.1 Å². The van der Waals surface area contributed by atoms with Gasteiger partial charge in [0, 0.05) is 12.2 Å². The van der Waals surface area contributed by atoms with Crippen molar-refractivity contribution >= 4 is 46.6 Å². The van der Waals surface area contributed by atoms with Crippen LogP contribution in [0, 0.1) is 17.2 Å². The average Bonchev–Trinajstić information content (AvgIpc) is 2.78. The van der Waals surface area contributed by atoms with Crippen LogP contribution in [0.25, 0.3) is 0 Å². The molecular formula is C20H22Cl2N6O5. The Morgan fingerprint density at radius 2 is 1.79 bits per heavy atom. The molecule has 33 heavy (non-hydrogen) atoms. The van der Waals surface area contributed by atoms with Crippen LogP contribution in [0.4, 0.5) is 16.2 Å². The first-order valence-corrected chi connectivity index (χ1v) is 10.4. The molecule has 0 fully saturated rings. The molecule has 2 unspecified atom stereocenters. The molecule has 0 aliphatic heterocycles. The highest BCUT2D eigenvalue weighted by molar-refractivity contribution is 6.37. The van der Waals surface area contributed by atoms with Gasteiger partial charge in [-0.15, -0.1) is 0 Å². The largest absolute Gasteiger partial charge is 0.450 e. The molecule has 0 aliphatic rings. The number of carbonyl (C=O) groups is 2. The fourth-order valence-electron chi connectivity index (χ4n) is 2.36. The maximum absolute atomic E-state index is 11.9. The summed E-state index contributed by atoms with van der Waals surface area (Å²) in [5, 5.41) is 21.3. The van der Waals surface area contributed by atoms with E-state index in [0.29, 0.717) is 11.4 Å². The van der Waals surface area contributed by atoms with Gasteiger partial charge in [-0.05, 0) is 31.2 Å². The van der Waals surface area contributed by atoms with E-state index in [4.69, 9.17) is 33.2 Å². The van der Waals surface area contributed by atoms with Gasteiger partial charge in [0.2, 0.25) is 5.91 Å². The molecule has 11 nitrogen and oxygen atoms in total. The zero-order valence-corrected chi connectivity index (χ0v) is 18.9. The minimum Gasteiger partial charge on any atom is -0.450 e. The Balaban J connectivity index is 1.87. The molecular weight excluding hydrogens is 475 g/mol. The van der Waals surface area contributed by atoms with Crippen molar-refractivity contribution in [3.8, 4) is 11.8 Å². The van der Waals surface area contributed by atoms with Gasteiger partial charge in [0.05, 0.1) is 28.4 Å². The van der Waals surface area contributed by atoms with Crippen molar-refractivity contribution in [2.75, 3.05) is 24.0 Å². The second-order valence-electron chi connectivity index (χ2n) is 6.27. The first kappa shape index (κ1) is 26.0. The summed E-state index contributed by atoms with van der Waals surface area (Å²) < 4.78 is 9.93. The number of hydrogen-bond donors (Lipinski definition) is 6. The van der Waals surface area contributed by atoms with Crippen LogP contribution in [0.1, 0.15) is 6.92 Å². The maximum Gasteiger partial charge on any atom is 0.413 e. The molecule has 2 rings (SSSR count). The van der Waals surface area contributed by atoms with Crippen LogP contribution in [0.15, 0.2) is 42.5 Å². The Labute approximate surface area is 199 Å². The fourth-order valence-corrected chi connectivity index (χ4v) is 2.94. The number of nitrogens with one attached hydrogen (secondary N) is 5. The summed E-state index contributed by atoms with van der Waals surface area (Å²) in [5.74, 6) is -1.95. The molecule has 2 atom stereocenters. The van der Waals surface area contributed by atoms with Gasteiger partial charge in [0.15, 0.2) is 5.75 Å². The van der Waals surface area contributed by atoms with E-state index in [0.717, 1.165) is 0 Å². The van der Waals surface area contributed by atoms with E-state index in [1.807, 2.05) is 23.5 Å². The van der Waals surface area contributed by atoms with Crippen LogP contribution >= 0.6 is 23.2 Å². The maximum atomic E-state index is 11.9. The molecule has 0 saturated heterocycles. The topological polar surface area (TPSA) is 157 Å². The van der Waals surface area contributed by atoms with Gasteiger partial charge < -0.3 is 25.4 Å². The van der Waals surface area contributed by atoms with Crippen molar-refractivity contribution in [1.82, 2.24) is 16.2 Å². The number of nitriles is 1. The third-order valence-corrected chi connectivity index (χ3v) is 4.41. The minimum absolute atomic E-state index is 0.0301. The molecule has 2 amide bonds. The number of ether oxygens (including phenoxy) is 2. The minimum atomic E-state index is -1.47. The van der Waals surface area contributed by atoms with Crippen LogP contribution in [0.2, 0.25) is 10.0 Å². The Morgan fingerprint density at radius 3 is 2.39 bits per heavy atom. The van der Waals surface area contributed by atoms with E-state index < -0.39 is 24.3 Å². The molecule has 176 valence electrons. The van der Waals surface area contributed by atoms with Gasteiger partial charge in [-0.3, -0.25) is 10.1 Å². The summed E-state index contributed by atoms with van der Waals surface area (Å²) in [6.45, 7) is 1.54. The summed E-state index contributed by atoms with van der Waals surface area (Å²) in [6.07, 6.45) is -2.40. The van der Waals surface area contributed by atoms with Gasteiger partial charge in [0.25, 0.3) is 6.41 Å². The molecule has 0 aromatic heterocycles. The highest BCUT2D eigenvalue weighted by Gasteiger charge is 2.20. The van der Waals surface area contributed by atoms with Crippen molar-refractivity contribution < 1.29 is 24.2 Å². The second kappa shape index (κ2) is 13.3. The highest BCUT2D eigenvalue weighted by Crippen LogP contribution is 2.36. The number of para-hydroxylation sites is 1. The number of imide groups is 1. The van der Waals surface area contributed by atoms with E-state index in [-0.39, 0.29) is 28.9 Å².